The molecule has 3 aromatic rings. The fourth-order valence-corrected chi connectivity index (χ4v) is 5.00. The molecule has 8 nitrogen and oxygen atoms in total. The Labute approximate surface area is 221 Å². The van der Waals surface area contributed by atoms with Crippen LogP contribution in [0.2, 0.25) is 0 Å². The van der Waals surface area contributed by atoms with Gasteiger partial charge in [0.05, 0.1) is 17.1 Å². The molecule has 1 aromatic heterocycles. The fraction of sp³-hybridized carbons (Fsp3) is 0.367. The molecule has 2 atom stereocenters. The van der Waals surface area contributed by atoms with Crippen LogP contribution in [-0.4, -0.2) is 47.8 Å². The highest BCUT2D eigenvalue weighted by molar-refractivity contribution is 5.98. The van der Waals surface area contributed by atoms with Gasteiger partial charge in [0.25, 0.3) is 0 Å². The number of para-hydroxylation sites is 1. The molecule has 0 fully saturated rings. The maximum Gasteiger partial charge on any atom is 0.337 e. The van der Waals surface area contributed by atoms with E-state index in [4.69, 9.17) is 4.74 Å². The molecular weight excluding hydrogens is 486 g/mol. The van der Waals surface area contributed by atoms with Crippen LogP contribution in [0.15, 0.2) is 53.8 Å². The van der Waals surface area contributed by atoms with Gasteiger partial charge in [-0.15, -0.1) is 0 Å². The van der Waals surface area contributed by atoms with Crippen LogP contribution in [0.25, 0.3) is 16.5 Å². The van der Waals surface area contributed by atoms with Crippen LogP contribution in [0, 0.1) is 0 Å². The minimum absolute atomic E-state index is 0.103. The van der Waals surface area contributed by atoms with E-state index in [0.717, 1.165) is 12.8 Å². The van der Waals surface area contributed by atoms with Crippen LogP contribution in [0.5, 0.6) is 23.1 Å². The van der Waals surface area contributed by atoms with E-state index in [1.54, 1.807) is 0 Å². The predicted octanol–water partition coefficient (Wildman–Crippen LogP) is 5.97. The SMILES string of the molecule is CC(C)=CCCC(C)=CCCC1(C)Oc2c(c(O)cc3c(O)n(-c4c(O)cccc4C(=O)O)cc23)CC1O. The van der Waals surface area contributed by atoms with Crippen molar-refractivity contribution >= 4 is 16.7 Å². The third-order valence-corrected chi connectivity index (χ3v) is 7.27. The average molecular weight is 522 g/mol. The minimum atomic E-state index is -1.27. The normalized spacial score (nSPS) is 19.2. The van der Waals surface area contributed by atoms with Crippen LogP contribution < -0.4 is 4.74 Å². The van der Waals surface area contributed by atoms with E-state index in [0.29, 0.717) is 29.5 Å². The van der Waals surface area contributed by atoms with Gasteiger partial charge in [-0.3, -0.25) is 4.57 Å². The number of carboxylic acid groups (broad SMARTS) is 1. The lowest BCUT2D eigenvalue weighted by atomic mass is 9.84. The van der Waals surface area contributed by atoms with Crippen molar-refractivity contribution in [3.63, 3.8) is 0 Å². The number of rotatable bonds is 8. The molecular formula is C30H35NO7. The molecule has 0 bridgehead atoms. The van der Waals surface area contributed by atoms with Gasteiger partial charge in [0.1, 0.15) is 28.5 Å². The highest BCUT2D eigenvalue weighted by atomic mass is 16.5. The number of phenols is 2. The lowest BCUT2D eigenvalue weighted by Gasteiger charge is -2.40. The Bertz CT molecular complexity index is 1440. The van der Waals surface area contributed by atoms with E-state index < -0.39 is 17.7 Å². The maximum atomic E-state index is 11.8. The summed E-state index contributed by atoms with van der Waals surface area (Å²) in [4.78, 5) is 11.8. The number of aliphatic hydroxyl groups excluding tert-OH is 1. The number of nitrogens with zero attached hydrogens (tertiary/aromatic N) is 1. The highest BCUT2D eigenvalue weighted by Crippen LogP contribution is 2.48. The minimum Gasteiger partial charge on any atom is -0.508 e. The Morgan fingerprint density at radius 3 is 2.53 bits per heavy atom. The molecule has 2 aromatic carbocycles. The van der Waals surface area contributed by atoms with E-state index in [-0.39, 0.29) is 40.4 Å². The molecule has 202 valence electrons. The van der Waals surface area contributed by atoms with Crippen molar-refractivity contribution in [1.29, 1.82) is 0 Å². The Morgan fingerprint density at radius 1 is 1.11 bits per heavy atom. The van der Waals surface area contributed by atoms with E-state index in [1.165, 1.54) is 46.2 Å². The zero-order valence-electron chi connectivity index (χ0n) is 22.2. The number of carbonyl (C=O) groups is 1. The van der Waals surface area contributed by atoms with Crippen LogP contribution in [0.4, 0.5) is 0 Å². The van der Waals surface area contributed by atoms with E-state index in [2.05, 4.69) is 32.9 Å². The summed E-state index contributed by atoms with van der Waals surface area (Å²) in [5.74, 6) is -1.78. The van der Waals surface area contributed by atoms with Crippen molar-refractivity contribution in [2.24, 2.45) is 0 Å². The molecule has 0 saturated heterocycles. The predicted molar refractivity (Wildman–Crippen MR) is 146 cm³/mol. The first kappa shape index (κ1) is 27.1. The van der Waals surface area contributed by atoms with E-state index in [1.807, 2.05) is 6.92 Å². The van der Waals surface area contributed by atoms with Gasteiger partial charge in [-0.1, -0.05) is 29.4 Å². The molecule has 1 aliphatic heterocycles. The first-order valence-corrected chi connectivity index (χ1v) is 12.7. The van der Waals surface area contributed by atoms with Gasteiger partial charge in [0, 0.05) is 23.6 Å². The molecule has 5 N–H and O–H groups in total. The van der Waals surface area contributed by atoms with Crippen LogP contribution >= 0.6 is 0 Å². The van der Waals surface area contributed by atoms with Gasteiger partial charge in [0.2, 0.25) is 5.88 Å². The lowest BCUT2D eigenvalue weighted by Crippen LogP contribution is -2.48. The number of allylic oxidation sites excluding steroid dienone is 4. The Kier molecular flexibility index (Phi) is 7.47. The van der Waals surface area contributed by atoms with Gasteiger partial charge in [-0.05, 0) is 71.6 Å². The quantitative estimate of drug-likeness (QED) is 0.231. The second-order valence-electron chi connectivity index (χ2n) is 10.5. The number of carboxylic acids is 1. The van der Waals surface area contributed by atoms with Gasteiger partial charge in [0.15, 0.2) is 0 Å². The summed E-state index contributed by atoms with van der Waals surface area (Å²) >= 11 is 0. The summed E-state index contributed by atoms with van der Waals surface area (Å²) in [5.41, 5.74) is 1.70. The number of phenolic OH excluding ortho intramolecular Hbond substituents is 2. The fourth-order valence-electron chi connectivity index (χ4n) is 5.00. The number of benzene rings is 2. The second-order valence-corrected chi connectivity index (χ2v) is 10.5. The first-order valence-electron chi connectivity index (χ1n) is 12.7. The standard InChI is InChI=1S/C30H35NO7/c1-17(2)8-5-9-18(3)10-7-13-30(4)25(34)15-21-24(33)14-20-22(27(21)38-30)16-31(28(20)35)26-19(29(36)37)11-6-12-23(26)32/h6,8,10-12,14,16,25,32-35H,5,7,9,13,15H2,1-4H3,(H,36,37). The Morgan fingerprint density at radius 2 is 1.84 bits per heavy atom. The summed E-state index contributed by atoms with van der Waals surface area (Å²) in [6, 6.07) is 5.42. The Balaban J connectivity index is 1.70. The monoisotopic (exact) mass is 521 g/mol. The molecule has 0 amide bonds. The van der Waals surface area contributed by atoms with Crippen molar-refractivity contribution in [1.82, 2.24) is 4.57 Å². The van der Waals surface area contributed by atoms with E-state index >= 15 is 0 Å². The summed E-state index contributed by atoms with van der Waals surface area (Å²) < 4.78 is 7.55. The molecule has 0 aliphatic carbocycles. The first-order chi connectivity index (χ1) is 17.9. The van der Waals surface area contributed by atoms with Crippen molar-refractivity contribution < 1.29 is 35.1 Å². The number of hydrogen-bond acceptors (Lipinski definition) is 6. The molecule has 0 radical (unpaired) electrons. The second kappa shape index (κ2) is 10.5. The zero-order chi connectivity index (χ0) is 27.8. The summed E-state index contributed by atoms with van der Waals surface area (Å²) in [5, 5.41) is 53.5. The van der Waals surface area contributed by atoms with Gasteiger partial charge < -0.3 is 30.3 Å². The Hall–Kier alpha value is -3.91. The number of aromatic nitrogens is 1. The highest BCUT2D eigenvalue weighted by Gasteiger charge is 2.41. The molecule has 0 spiro atoms. The topological polar surface area (TPSA) is 132 Å². The lowest BCUT2D eigenvalue weighted by molar-refractivity contribution is -0.0581. The molecule has 1 aliphatic rings. The van der Waals surface area contributed by atoms with Crippen molar-refractivity contribution in [2.75, 3.05) is 0 Å². The van der Waals surface area contributed by atoms with Crippen LogP contribution in [-0.2, 0) is 6.42 Å². The molecule has 4 rings (SSSR count). The summed E-state index contributed by atoms with van der Waals surface area (Å²) in [6.45, 7) is 8.07. The summed E-state index contributed by atoms with van der Waals surface area (Å²) in [6.07, 6.45) is 8.28. The number of hydrogen-bond donors (Lipinski definition) is 5. The van der Waals surface area contributed by atoms with Crippen molar-refractivity contribution in [3.05, 3.63) is 64.9 Å². The molecule has 8 heteroatoms. The van der Waals surface area contributed by atoms with Gasteiger partial charge in [-0.25, -0.2) is 4.79 Å². The molecule has 2 unspecified atom stereocenters. The number of fused-ring (bicyclic) bond motifs is 3. The smallest absolute Gasteiger partial charge is 0.337 e. The maximum absolute atomic E-state index is 11.8. The van der Waals surface area contributed by atoms with Gasteiger partial charge >= 0.3 is 5.97 Å². The molecule has 38 heavy (non-hydrogen) atoms. The zero-order valence-corrected chi connectivity index (χ0v) is 22.2. The number of ether oxygens (including phenoxy) is 1. The number of aromatic hydroxyl groups is 3. The largest absolute Gasteiger partial charge is 0.508 e. The molecule has 0 saturated carbocycles. The van der Waals surface area contributed by atoms with Crippen molar-refractivity contribution in [3.8, 4) is 28.8 Å². The van der Waals surface area contributed by atoms with Crippen LogP contribution in [0.1, 0.15) is 69.3 Å². The molecule has 2 heterocycles. The van der Waals surface area contributed by atoms with Crippen LogP contribution in [0.3, 0.4) is 0 Å². The average Bonchev–Trinajstić information content (AvgIpc) is 3.16. The van der Waals surface area contributed by atoms with E-state index in [9.17, 15) is 30.3 Å². The van der Waals surface area contributed by atoms with Gasteiger partial charge in [-0.2, -0.15) is 0 Å². The number of aromatic carboxylic acids is 1. The third-order valence-electron chi connectivity index (χ3n) is 7.27. The van der Waals surface area contributed by atoms with Crippen molar-refractivity contribution in [2.45, 2.75) is 71.5 Å². The third kappa shape index (κ3) is 5.09. The summed E-state index contributed by atoms with van der Waals surface area (Å²) in [7, 11) is 0. The number of aliphatic hydroxyl groups is 1.